The largest absolute Gasteiger partial charge is 0.467 e. The lowest BCUT2D eigenvalue weighted by atomic mass is 10.2. The SMILES string of the molecule is C[C@H](NC(=O)CSc1nc(-c2cccs2)nc2ccccc12)c1ccco1. The highest BCUT2D eigenvalue weighted by atomic mass is 32.2. The number of carbonyl (C=O) groups is 1. The van der Waals surface area contributed by atoms with Gasteiger partial charge in [0, 0.05) is 5.39 Å². The third-order valence-electron chi connectivity index (χ3n) is 4.00. The second-order valence-corrected chi connectivity index (χ2v) is 7.85. The van der Waals surface area contributed by atoms with Gasteiger partial charge in [-0.15, -0.1) is 11.3 Å². The number of fused-ring (bicyclic) bond motifs is 1. The molecule has 0 unspecified atom stereocenters. The van der Waals surface area contributed by atoms with Gasteiger partial charge in [0.05, 0.1) is 28.5 Å². The molecule has 27 heavy (non-hydrogen) atoms. The van der Waals surface area contributed by atoms with Crippen molar-refractivity contribution in [1.29, 1.82) is 0 Å². The maximum atomic E-state index is 12.4. The fourth-order valence-electron chi connectivity index (χ4n) is 2.70. The molecule has 0 saturated heterocycles. The molecule has 1 atom stereocenters. The van der Waals surface area contributed by atoms with Crippen molar-refractivity contribution in [1.82, 2.24) is 15.3 Å². The van der Waals surface area contributed by atoms with Gasteiger partial charge in [-0.05, 0) is 36.6 Å². The molecule has 0 bridgehead atoms. The maximum Gasteiger partial charge on any atom is 0.230 e. The molecule has 3 heterocycles. The zero-order valence-corrected chi connectivity index (χ0v) is 16.2. The van der Waals surface area contributed by atoms with Crippen LogP contribution in [0.15, 0.2) is 69.6 Å². The van der Waals surface area contributed by atoms with Gasteiger partial charge in [-0.1, -0.05) is 36.0 Å². The van der Waals surface area contributed by atoms with Gasteiger partial charge in [0.15, 0.2) is 5.82 Å². The first-order chi connectivity index (χ1) is 13.2. The summed E-state index contributed by atoms with van der Waals surface area (Å²) in [5.74, 6) is 1.64. The molecule has 1 N–H and O–H groups in total. The Morgan fingerprint density at radius 1 is 1.19 bits per heavy atom. The Bertz CT molecular complexity index is 1050. The van der Waals surface area contributed by atoms with Crippen molar-refractivity contribution in [2.24, 2.45) is 0 Å². The van der Waals surface area contributed by atoms with Crippen LogP contribution in [0.2, 0.25) is 0 Å². The summed E-state index contributed by atoms with van der Waals surface area (Å²) in [6.07, 6.45) is 1.60. The summed E-state index contributed by atoms with van der Waals surface area (Å²) in [5.41, 5.74) is 0.878. The van der Waals surface area contributed by atoms with Gasteiger partial charge in [0.1, 0.15) is 10.8 Å². The molecule has 0 aliphatic rings. The Morgan fingerprint density at radius 3 is 2.85 bits per heavy atom. The fourth-order valence-corrected chi connectivity index (χ4v) is 4.19. The highest BCUT2D eigenvalue weighted by Gasteiger charge is 2.15. The van der Waals surface area contributed by atoms with Crippen LogP contribution in [-0.4, -0.2) is 21.6 Å². The number of hydrogen-bond acceptors (Lipinski definition) is 6. The van der Waals surface area contributed by atoms with Crippen LogP contribution in [0.25, 0.3) is 21.6 Å². The second-order valence-electron chi connectivity index (χ2n) is 5.94. The van der Waals surface area contributed by atoms with E-state index in [0.29, 0.717) is 5.82 Å². The van der Waals surface area contributed by atoms with Crippen molar-refractivity contribution < 1.29 is 9.21 Å². The number of para-hydroxylation sites is 1. The zero-order chi connectivity index (χ0) is 18.6. The van der Waals surface area contributed by atoms with E-state index in [9.17, 15) is 4.79 Å². The summed E-state index contributed by atoms with van der Waals surface area (Å²) in [6, 6.07) is 15.3. The Balaban J connectivity index is 1.53. The van der Waals surface area contributed by atoms with E-state index in [1.807, 2.05) is 60.8 Å². The molecule has 136 valence electrons. The number of thiophene rings is 1. The minimum Gasteiger partial charge on any atom is -0.467 e. The number of benzene rings is 1. The summed E-state index contributed by atoms with van der Waals surface area (Å²) in [6.45, 7) is 1.90. The topological polar surface area (TPSA) is 68.0 Å². The number of amides is 1. The molecule has 0 spiro atoms. The minimum atomic E-state index is -0.170. The normalized spacial score (nSPS) is 12.2. The van der Waals surface area contributed by atoms with Gasteiger partial charge in [-0.25, -0.2) is 9.97 Å². The van der Waals surface area contributed by atoms with Crippen LogP contribution < -0.4 is 5.32 Å². The molecule has 4 aromatic rings. The lowest BCUT2D eigenvalue weighted by molar-refractivity contribution is -0.119. The van der Waals surface area contributed by atoms with Gasteiger partial charge in [-0.2, -0.15) is 0 Å². The van der Waals surface area contributed by atoms with Crippen LogP contribution >= 0.6 is 23.1 Å². The van der Waals surface area contributed by atoms with Crippen molar-refractivity contribution in [3.05, 3.63) is 65.9 Å². The first kappa shape index (κ1) is 17.8. The van der Waals surface area contributed by atoms with Crippen LogP contribution in [-0.2, 0) is 4.79 Å². The van der Waals surface area contributed by atoms with E-state index in [1.165, 1.54) is 11.8 Å². The summed E-state index contributed by atoms with van der Waals surface area (Å²) < 4.78 is 5.33. The molecular weight excluding hydrogens is 378 g/mol. The number of carbonyl (C=O) groups excluding carboxylic acids is 1. The van der Waals surface area contributed by atoms with Crippen LogP contribution in [0.4, 0.5) is 0 Å². The molecule has 1 aromatic carbocycles. The van der Waals surface area contributed by atoms with E-state index in [0.717, 1.165) is 26.6 Å². The first-order valence-corrected chi connectivity index (χ1v) is 10.3. The highest BCUT2D eigenvalue weighted by molar-refractivity contribution is 8.00. The average molecular weight is 396 g/mol. The van der Waals surface area contributed by atoms with Gasteiger partial charge in [0.2, 0.25) is 5.91 Å². The number of thioether (sulfide) groups is 1. The summed E-state index contributed by atoms with van der Waals surface area (Å²) >= 11 is 3.02. The third kappa shape index (κ3) is 4.04. The minimum absolute atomic E-state index is 0.0655. The van der Waals surface area contributed by atoms with E-state index in [2.05, 4.69) is 10.3 Å². The second kappa shape index (κ2) is 7.94. The molecule has 0 radical (unpaired) electrons. The van der Waals surface area contributed by atoms with Gasteiger partial charge < -0.3 is 9.73 Å². The standard InChI is InChI=1S/C20H17N3O2S2/c1-13(16-8-4-10-25-16)21-18(24)12-27-20-14-6-2-3-7-15(14)22-19(23-20)17-9-5-11-26-17/h2-11,13H,12H2,1H3,(H,21,24)/t13-/m0/s1. The number of nitrogens with one attached hydrogen (secondary N) is 1. The van der Waals surface area contributed by atoms with Crippen molar-refractivity contribution in [2.45, 2.75) is 18.0 Å². The van der Waals surface area contributed by atoms with Crippen molar-refractivity contribution in [3.8, 4) is 10.7 Å². The van der Waals surface area contributed by atoms with Gasteiger partial charge in [0.25, 0.3) is 0 Å². The predicted molar refractivity (Wildman–Crippen MR) is 109 cm³/mol. The van der Waals surface area contributed by atoms with Crippen molar-refractivity contribution in [3.63, 3.8) is 0 Å². The van der Waals surface area contributed by atoms with Crippen LogP contribution in [0, 0.1) is 0 Å². The lowest BCUT2D eigenvalue weighted by Gasteiger charge is -2.12. The molecule has 0 aliphatic heterocycles. The molecule has 4 rings (SSSR count). The molecule has 7 heteroatoms. The molecule has 0 aliphatic carbocycles. The molecule has 0 fully saturated rings. The Morgan fingerprint density at radius 2 is 2.07 bits per heavy atom. The molecule has 1 amide bonds. The highest BCUT2D eigenvalue weighted by Crippen LogP contribution is 2.30. The smallest absolute Gasteiger partial charge is 0.230 e. The molecule has 3 aromatic heterocycles. The lowest BCUT2D eigenvalue weighted by Crippen LogP contribution is -2.27. The van der Waals surface area contributed by atoms with Gasteiger partial charge in [-0.3, -0.25) is 4.79 Å². The first-order valence-electron chi connectivity index (χ1n) is 8.47. The molecular formula is C20H17N3O2S2. The van der Waals surface area contributed by atoms with E-state index in [4.69, 9.17) is 9.40 Å². The van der Waals surface area contributed by atoms with Gasteiger partial charge >= 0.3 is 0 Å². The average Bonchev–Trinajstić information content (AvgIpc) is 3.39. The number of hydrogen-bond donors (Lipinski definition) is 1. The van der Waals surface area contributed by atoms with E-state index in [-0.39, 0.29) is 17.7 Å². The van der Waals surface area contributed by atoms with Crippen molar-refractivity contribution in [2.75, 3.05) is 5.75 Å². The zero-order valence-electron chi connectivity index (χ0n) is 14.6. The Labute approximate surface area is 164 Å². The number of aromatic nitrogens is 2. The maximum absolute atomic E-state index is 12.4. The van der Waals surface area contributed by atoms with Crippen LogP contribution in [0.1, 0.15) is 18.7 Å². The Kier molecular flexibility index (Phi) is 5.22. The third-order valence-corrected chi connectivity index (χ3v) is 5.85. The molecule has 5 nitrogen and oxygen atoms in total. The van der Waals surface area contributed by atoms with Crippen molar-refractivity contribution >= 4 is 39.9 Å². The number of rotatable bonds is 6. The summed E-state index contributed by atoms with van der Waals surface area (Å²) in [4.78, 5) is 22.7. The summed E-state index contributed by atoms with van der Waals surface area (Å²) in [5, 5.41) is 6.72. The summed E-state index contributed by atoms with van der Waals surface area (Å²) in [7, 11) is 0. The van der Waals surface area contributed by atoms with Crippen LogP contribution in [0.3, 0.4) is 0 Å². The fraction of sp³-hybridized carbons (Fsp3) is 0.150. The number of furan rings is 1. The molecule has 0 saturated carbocycles. The number of nitrogens with zero attached hydrogens (tertiary/aromatic N) is 2. The van der Waals surface area contributed by atoms with E-state index < -0.39 is 0 Å². The van der Waals surface area contributed by atoms with E-state index >= 15 is 0 Å². The quantitative estimate of drug-likeness (QED) is 0.371. The predicted octanol–water partition coefficient (Wildman–Crippen LogP) is 4.92. The van der Waals surface area contributed by atoms with E-state index in [1.54, 1.807) is 17.6 Å². The van der Waals surface area contributed by atoms with Crippen LogP contribution in [0.5, 0.6) is 0 Å². The monoisotopic (exact) mass is 395 g/mol. The Hall–Kier alpha value is -2.64.